The van der Waals surface area contributed by atoms with E-state index < -0.39 is 12.7 Å². The summed E-state index contributed by atoms with van der Waals surface area (Å²) in [6.07, 6.45) is -1.48. The second-order valence-corrected chi connectivity index (χ2v) is 1.98. The molecule has 0 amide bonds. The van der Waals surface area contributed by atoms with Crippen LogP contribution in [-0.4, -0.2) is 28.0 Å². The van der Waals surface area contributed by atoms with Gasteiger partial charge in [-0.25, -0.2) is 0 Å². The topological polar surface area (TPSA) is 60.7 Å². The van der Waals surface area contributed by atoms with Crippen molar-refractivity contribution in [2.75, 3.05) is 6.58 Å². The SMILES string of the molecule is [2H]C(O)C(O)C(O)=C(C)C. The average Bonchev–Trinajstić information content (AvgIpc) is 1.84. The second-order valence-electron chi connectivity index (χ2n) is 1.98. The highest BCUT2D eigenvalue weighted by molar-refractivity contribution is 5.05. The molecule has 0 saturated carbocycles. The third kappa shape index (κ3) is 2.49. The maximum Gasteiger partial charge on any atom is 0.134 e. The first-order chi connectivity index (χ1) is 4.46. The fourth-order valence-corrected chi connectivity index (χ4v) is 0.366. The molecule has 9 heavy (non-hydrogen) atoms. The minimum atomic E-state index is -1.67. The number of rotatable bonds is 2. The molecule has 0 aliphatic rings. The van der Waals surface area contributed by atoms with E-state index in [2.05, 4.69) is 0 Å². The molecule has 0 aromatic carbocycles. The Bertz CT molecular complexity index is 138. The largest absolute Gasteiger partial charge is 0.510 e. The van der Waals surface area contributed by atoms with E-state index >= 15 is 0 Å². The van der Waals surface area contributed by atoms with Crippen LogP contribution in [0, 0.1) is 0 Å². The molecule has 3 N–H and O–H groups in total. The first kappa shape index (κ1) is 6.58. The van der Waals surface area contributed by atoms with E-state index in [0.717, 1.165) is 0 Å². The number of hydrogen-bond donors (Lipinski definition) is 3. The summed E-state index contributed by atoms with van der Waals surface area (Å²) < 4.78 is 6.62. The summed E-state index contributed by atoms with van der Waals surface area (Å²) in [5.41, 5.74) is 0.499. The Morgan fingerprint density at radius 3 is 2.22 bits per heavy atom. The van der Waals surface area contributed by atoms with Gasteiger partial charge in [-0.2, -0.15) is 0 Å². The Balaban J connectivity index is 4.22. The molecular formula is C6H12O3. The van der Waals surface area contributed by atoms with Gasteiger partial charge in [0.25, 0.3) is 0 Å². The van der Waals surface area contributed by atoms with Crippen molar-refractivity contribution in [2.45, 2.75) is 20.0 Å². The van der Waals surface area contributed by atoms with Crippen molar-refractivity contribution >= 4 is 0 Å². The van der Waals surface area contributed by atoms with Gasteiger partial charge in [-0.3, -0.25) is 0 Å². The van der Waals surface area contributed by atoms with Crippen LogP contribution in [0.1, 0.15) is 15.2 Å². The van der Waals surface area contributed by atoms with Crippen molar-refractivity contribution < 1.29 is 16.7 Å². The summed E-state index contributed by atoms with van der Waals surface area (Å²) in [6.45, 7) is 1.50. The van der Waals surface area contributed by atoms with E-state index in [1.165, 1.54) is 0 Å². The molecule has 0 heterocycles. The highest BCUT2D eigenvalue weighted by Crippen LogP contribution is 2.03. The normalized spacial score (nSPS) is 18.0. The van der Waals surface area contributed by atoms with Crippen molar-refractivity contribution in [3.63, 3.8) is 0 Å². The zero-order valence-electron chi connectivity index (χ0n) is 6.50. The van der Waals surface area contributed by atoms with Crippen LogP contribution in [0.15, 0.2) is 11.3 Å². The lowest BCUT2D eigenvalue weighted by Gasteiger charge is -2.06. The first-order valence-electron chi connectivity index (χ1n) is 3.19. The summed E-state index contributed by atoms with van der Waals surface area (Å²) in [7, 11) is 0. The van der Waals surface area contributed by atoms with Crippen LogP contribution in [0.5, 0.6) is 0 Å². The van der Waals surface area contributed by atoms with Gasteiger partial charge in [-0.1, -0.05) is 0 Å². The van der Waals surface area contributed by atoms with Gasteiger partial charge in [-0.15, -0.1) is 0 Å². The summed E-state index contributed by atoms with van der Waals surface area (Å²) in [5.74, 6) is -0.331. The fraction of sp³-hybridized carbons (Fsp3) is 0.667. The van der Waals surface area contributed by atoms with Gasteiger partial charge >= 0.3 is 0 Å². The Hall–Kier alpha value is -0.540. The maximum absolute atomic E-state index is 8.91. The quantitative estimate of drug-likeness (QED) is 0.471. The Morgan fingerprint density at radius 1 is 1.67 bits per heavy atom. The molecule has 0 aliphatic heterocycles. The Morgan fingerprint density at radius 2 is 2.11 bits per heavy atom. The van der Waals surface area contributed by atoms with Crippen LogP contribution < -0.4 is 0 Å². The van der Waals surface area contributed by atoms with Gasteiger partial charge in [0.15, 0.2) is 0 Å². The molecule has 2 atom stereocenters. The maximum atomic E-state index is 8.91. The monoisotopic (exact) mass is 133 g/mol. The molecular weight excluding hydrogens is 120 g/mol. The molecule has 0 spiro atoms. The Kier molecular flexibility index (Phi) is 2.54. The Labute approximate surface area is 55.7 Å². The van der Waals surface area contributed by atoms with E-state index in [0.29, 0.717) is 5.57 Å². The first-order valence-corrected chi connectivity index (χ1v) is 2.61. The van der Waals surface area contributed by atoms with Crippen molar-refractivity contribution in [1.29, 1.82) is 0 Å². The lowest BCUT2D eigenvalue weighted by molar-refractivity contribution is 0.0856. The number of hydrogen-bond acceptors (Lipinski definition) is 3. The zero-order valence-corrected chi connectivity index (χ0v) is 5.50. The summed E-state index contributed by atoms with van der Waals surface area (Å²) in [5, 5.41) is 26.2. The van der Waals surface area contributed by atoms with Crippen molar-refractivity contribution in [1.82, 2.24) is 0 Å². The molecule has 0 bridgehead atoms. The van der Waals surface area contributed by atoms with Crippen LogP contribution in [0.25, 0.3) is 0 Å². The molecule has 3 nitrogen and oxygen atoms in total. The molecule has 0 rings (SSSR count). The standard InChI is InChI=1S/C6H12O3/c1-4(2)6(9)5(8)3-7/h5,7-9H,3H2,1-2H3/i3D. The third-order valence-electron chi connectivity index (χ3n) is 0.934. The third-order valence-corrected chi connectivity index (χ3v) is 0.934. The van der Waals surface area contributed by atoms with E-state index in [1.54, 1.807) is 13.8 Å². The highest BCUT2D eigenvalue weighted by atomic mass is 16.3. The van der Waals surface area contributed by atoms with Crippen molar-refractivity contribution in [3.05, 3.63) is 11.3 Å². The minimum absolute atomic E-state index is 0.331. The molecule has 0 radical (unpaired) electrons. The average molecular weight is 133 g/mol. The number of aliphatic hydroxyl groups is 3. The van der Waals surface area contributed by atoms with E-state index in [4.69, 9.17) is 16.7 Å². The van der Waals surface area contributed by atoms with Crippen LogP contribution >= 0.6 is 0 Å². The molecule has 0 saturated heterocycles. The molecule has 54 valence electrons. The predicted molar refractivity (Wildman–Crippen MR) is 34.1 cm³/mol. The fourth-order valence-electron chi connectivity index (χ4n) is 0.366. The van der Waals surface area contributed by atoms with Gasteiger partial charge in [-0.05, 0) is 19.4 Å². The summed E-state index contributed by atoms with van der Waals surface area (Å²) >= 11 is 0. The van der Waals surface area contributed by atoms with Gasteiger partial charge in [0, 0.05) is 0 Å². The van der Waals surface area contributed by atoms with Gasteiger partial charge in [0.1, 0.15) is 11.9 Å². The lowest BCUT2D eigenvalue weighted by atomic mass is 10.2. The van der Waals surface area contributed by atoms with E-state index in [9.17, 15) is 0 Å². The van der Waals surface area contributed by atoms with Crippen molar-refractivity contribution in [2.24, 2.45) is 0 Å². The lowest BCUT2D eigenvalue weighted by Crippen LogP contribution is -2.15. The second kappa shape index (κ2) is 3.48. The number of allylic oxidation sites excluding steroid dienone is 1. The van der Waals surface area contributed by atoms with Crippen LogP contribution in [0.3, 0.4) is 0 Å². The smallest absolute Gasteiger partial charge is 0.134 e. The van der Waals surface area contributed by atoms with Crippen LogP contribution in [0.4, 0.5) is 0 Å². The van der Waals surface area contributed by atoms with E-state index in [-0.39, 0.29) is 5.76 Å². The molecule has 2 unspecified atom stereocenters. The summed E-state index contributed by atoms with van der Waals surface area (Å²) in [6, 6.07) is 0. The van der Waals surface area contributed by atoms with Crippen LogP contribution in [-0.2, 0) is 0 Å². The molecule has 0 fully saturated rings. The van der Waals surface area contributed by atoms with Crippen LogP contribution in [0.2, 0.25) is 0 Å². The molecule has 3 heteroatoms. The minimum Gasteiger partial charge on any atom is -0.510 e. The summed E-state index contributed by atoms with van der Waals surface area (Å²) in [4.78, 5) is 0. The molecule has 0 aromatic heterocycles. The van der Waals surface area contributed by atoms with Gasteiger partial charge in [0.05, 0.1) is 7.95 Å². The molecule has 0 aliphatic carbocycles. The molecule has 0 aromatic rings. The zero-order chi connectivity index (χ0) is 8.31. The number of aliphatic hydroxyl groups excluding tert-OH is 3. The van der Waals surface area contributed by atoms with Gasteiger partial charge in [0.2, 0.25) is 0 Å². The van der Waals surface area contributed by atoms with Crippen molar-refractivity contribution in [3.8, 4) is 0 Å². The predicted octanol–water partition coefficient (Wildman–Crippen LogP) is 0.192. The van der Waals surface area contributed by atoms with E-state index in [1.807, 2.05) is 0 Å². The van der Waals surface area contributed by atoms with Gasteiger partial charge < -0.3 is 15.3 Å². The highest BCUT2D eigenvalue weighted by Gasteiger charge is 2.07.